The molecule has 1 aliphatic carbocycles. The van der Waals surface area contributed by atoms with Crippen LogP contribution in [0.5, 0.6) is 0 Å². The topological polar surface area (TPSA) is 46.4 Å². The van der Waals surface area contributed by atoms with Crippen LogP contribution in [0.4, 0.5) is 0 Å². The van der Waals surface area contributed by atoms with Crippen molar-refractivity contribution in [3.63, 3.8) is 0 Å². The van der Waals surface area contributed by atoms with Crippen molar-refractivity contribution in [1.82, 2.24) is 9.99 Å². The monoisotopic (exact) mass is 439 g/mol. The van der Waals surface area contributed by atoms with Gasteiger partial charge in [-0.15, -0.1) is 11.7 Å². The lowest BCUT2D eigenvalue weighted by molar-refractivity contribution is 0.0953. The van der Waals surface area contributed by atoms with Crippen LogP contribution in [0.25, 0.3) is 11.3 Å². The number of nitrogens with zero attached hydrogens (tertiary/aromatic N) is 2. The zero-order valence-electron chi connectivity index (χ0n) is 14.6. The fourth-order valence-electron chi connectivity index (χ4n) is 3.32. The number of benzene rings is 2. The first-order chi connectivity index (χ1) is 13.2. The summed E-state index contributed by atoms with van der Waals surface area (Å²) in [4.78, 5) is 14.5. The molecular formula is C21H18BrN3OS. The molecular weight excluding hydrogens is 422 g/mol. The van der Waals surface area contributed by atoms with E-state index in [9.17, 15) is 4.79 Å². The summed E-state index contributed by atoms with van der Waals surface area (Å²) in [6, 6.07) is 15.7. The van der Waals surface area contributed by atoms with E-state index in [1.807, 2.05) is 18.2 Å². The van der Waals surface area contributed by atoms with Crippen LogP contribution in [-0.4, -0.2) is 10.5 Å². The van der Waals surface area contributed by atoms with E-state index in [1.54, 1.807) is 23.5 Å². The molecule has 27 heavy (non-hydrogen) atoms. The fraction of sp³-hybridized carbons (Fsp3) is 0.143. The van der Waals surface area contributed by atoms with E-state index in [-0.39, 0.29) is 5.91 Å². The molecule has 0 spiro atoms. The van der Waals surface area contributed by atoms with Crippen LogP contribution in [-0.2, 0) is 19.4 Å². The van der Waals surface area contributed by atoms with Crippen molar-refractivity contribution in [3.05, 3.63) is 86.5 Å². The first-order valence-electron chi connectivity index (χ1n) is 8.68. The highest BCUT2D eigenvalue weighted by Gasteiger charge is 2.21. The van der Waals surface area contributed by atoms with Crippen LogP contribution in [0, 0.1) is 0 Å². The predicted octanol–water partition coefficient (Wildman–Crippen LogP) is 4.51. The normalized spacial score (nSPS) is 13.0. The molecule has 0 saturated heterocycles. The summed E-state index contributed by atoms with van der Waals surface area (Å²) in [7, 11) is 0. The second-order valence-electron chi connectivity index (χ2n) is 6.28. The molecule has 3 aromatic rings. The molecule has 1 aromatic heterocycles. The molecule has 1 N–H and O–H groups in total. The number of carbonyl (C=O) groups is 1. The van der Waals surface area contributed by atoms with Crippen molar-refractivity contribution >= 4 is 33.2 Å². The number of aryl methyl sites for hydroxylation is 2. The van der Waals surface area contributed by atoms with Crippen molar-refractivity contribution < 1.29 is 4.79 Å². The minimum atomic E-state index is -0.228. The van der Waals surface area contributed by atoms with Crippen molar-refractivity contribution in [3.8, 4) is 11.3 Å². The Morgan fingerprint density at radius 1 is 1.26 bits per heavy atom. The lowest BCUT2D eigenvalue weighted by atomic mass is 9.93. The van der Waals surface area contributed by atoms with Crippen molar-refractivity contribution in [1.29, 1.82) is 0 Å². The zero-order chi connectivity index (χ0) is 18.8. The molecule has 0 saturated carbocycles. The second kappa shape index (κ2) is 7.66. The molecule has 0 radical (unpaired) electrons. The smallest absolute Gasteiger partial charge is 0.271 e. The molecule has 0 atom stereocenters. The standard InChI is InChI=1S/C21H18BrN3OS/c1-2-12-25-19-17-9-4-3-6-14(17)10-11-18(19)27-21(25)24-23-20(26)15-7-5-8-16(22)13-15/h2-9,13H,1,10-12H2,(H,23,26)/b24-21-. The number of thiazole rings is 1. The molecule has 1 amide bonds. The van der Waals surface area contributed by atoms with E-state index >= 15 is 0 Å². The molecule has 0 unspecified atom stereocenters. The fourth-order valence-corrected chi connectivity index (χ4v) is 4.82. The maximum atomic E-state index is 12.4. The Hall–Kier alpha value is -2.44. The number of hydrogen-bond donors (Lipinski definition) is 1. The Labute approximate surface area is 170 Å². The van der Waals surface area contributed by atoms with Gasteiger partial charge in [0.25, 0.3) is 5.91 Å². The largest absolute Gasteiger partial charge is 0.311 e. The molecule has 0 aliphatic heterocycles. The molecule has 0 bridgehead atoms. The van der Waals surface area contributed by atoms with Crippen LogP contribution in [0.15, 0.2) is 70.8 Å². The van der Waals surface area contributed by atoms with Crippen molar-refractivity contribution in [2.45, 2.75) is 19.4 Å². The minimum Gasteiger partial charge on any atom is -0.311 e. The summed E-state index contributed by atoms with van der Waals surface area (Å²) in [5, 5.41) is 4.43. The van der Waals surface area contributed by atoms with Crippen LogP contribution < -0.4 is 10.2 Å². The average Bonchev–Trinajstić information content (AvgIpc) is 3.04. The van der Waals surface area contributed by atoms with Gasteiger partial charge >= 0.3 is 0 Å². The Balaban J connectivity index is 1.74. The van der Waals surface area contributed by atoms with E-state index < -0.39 is 0 Å². The predicted molar refractivity (Wildman–Crippen MR) is 113 cm³/mol. The number of carbonyl (C=O) groups excluding carboxylic acids is 1. The van der Waals surface area contributed by atoms with Gasteiger partial charge in [0.1, 0.15) is 0 Å². The summed E-state index contributed by atoms with van der Waals surface area (Å²) < 4.78 is 2.99. The first-order valence-corrected chi connectivity index (χ1v) is 10.3. The summed E-state index contributed by atoms with van der Waals surface area (Å²) >= 11 is 5.02. The highest BCUT2D eigenvalue weighted by atomic mass is 79.9. The number of aromatic nitrogens is 1. The summed E-state index contributed by atoms with van der Waals surface area (Å²) in [6.07, 6.45) is 3.88. The van der Waals surface area contributed by atoms with Gasteiger partial charge in [-0.1, -0.05) is 63.7 Å². The van der Waals surface area contributed by atoms with Crippen LogP contribution >= 0.6 is 27.3 Å². The lowest BCUT2D eigenvalue weighted by Gasteiger charge is -2.18. The van der Waals surface area contributed by atoms with Gasteiger partial charge in [0, 0.05) is 27.0 Å². The molecule has 4 nitrogen and oxygen atoms in total. The molecule has 0 fully saturated rings. The van der Waals surface area contributed by atoms with Crippen LogP contribution in [0.1, 0.15) is 20.8 Å². The van der Waals surface area contributed by atoms with Gasteiger partial charge in [-0.3, -0.25) is 4.79 Å². The van der Waals surface area contributed by atoms with Gasteiger partial charge in [-0.2, -0.15) is 0 Å². The highest BCUT2D eigenvalue weighted by molar-refractivity contribution is 9.10. The summed E-state index contributed by atoms with van der Waals surface area (Å²) in [5.74, 6) is -0.228. The van der Waals surface area contributed by atoms with E-state index in [1.165, 1.54) is 21.7 Å². The molecule has 2 aromatic carbocycles. The minimum absolute atomic E-state index is 0.228. The number of amides is 1. The maximum absolute atomic E-state index is 12.4. The SMILES string of the molecule is C=CCn1c2c(s/c1=N\NC(=O)c1cccc(Br)c1)CCc1ccccc1-2. The number of nitrogens with one attached hydrogen (secondary N) is 1. The third-order valence-corrected chi connectivity index (χ3v) is 6.16. The quantitative estimate of drug-likeness (QED) is 0.471. The first kappa shape index (κ1) is 17.9. The van der Waals surface area contributed by atoms with Gasteiger partial charge < -0.3 is 4.57 Å². The molecule has 4 rings (SSSR count). The average molecular weight is 440 g/mol. The Bertz CT molecular complexity index is 1100. The zero-order valence-corrected chi connectivity index (χ0v) is 17.0. The van der Waals surface area contributed by atoms with E-state index in [4.69, 9.17) is 0 Å². The van der Waals surface area contributed by atoms with Crippen LogP contribution in [0.3, 0.4) is 0 Å². The van der Waals surface area contributed by atoms with E-state index in [0.29, 0.717) is 12.1 Å². The Morgan fingerprint density at radius 2 is 2.11 bits per heavy atom. The van der Waals surface area contributed by atoms with Gasteiger partial charge in [0.05, 0.1) is 5.69 Å². The number of hydrogen-bond acceptors (Lipinski definition) is 3. The number of halogens is 1. The van der Waals surface area contributed by atoms with Gasteiger partial charge in [0.2, 0.25) is 4.80 Å². The maximum Gasteiger partial charge on any atom is 0.271 e. The van der Waals surface area contributed by atoms with Crippen molar-refractivity contribution in [2.24, 2.45) is 5.10 Å². The molecule has 6 heteroatoms. The number of allylic oxidation sites excluding steroid dienone is 1. The summed E-state index contributed by atoms with van der Waals surface area (Å²) in [5.41, 5.74) is 7.05. The third-order valence-electron chi connectivity index (χ3n) is 4.52. The van der Waals surface area contributed by atoms with E-state index in [2.05, 4.69) is 61.9 Å². The Kier molecular flexibility index (Phi) is 5.09. The third kappa shape index (κ3) is 3.55. The van der Waals surface area contributed by atoms with Crippen LogP contribution in [0.2, 0.25) is 0 Å². The van der Waals surface area contributed by atoms with E-state index in [0.717, 1.165) is 22.1 Å². The van der Waals surface area contributed by atoms with Gasteiger partial charge in [0.15, 0.2) is 0 Å². The molecule has 1 heterocycles. The molecule has 136 valence electrons. The number of fused-ring (bicyclic) bond motifs is 3. The second-order valence-corrected chi connectivity index (χ2v) is 8.25. The van der Waals surface area contributed by atoms with Crippen molar-refractivity contribution in [2.75, 3.05) is 0 Å². The number of rotatable bonds is 4. The van der Waals surface area contributed by atoms with Gasteiger partial charge in [-0.05, 0) is 36.6 Å². The highest BCUT2D eigenvalue weighted by Crippen LogP contribution is 2.34. The molecule has 1 aliphatic rings. The lowest BCUT2D eigenvalue weighted by Crippen LogP contribution is -2.24. The summed E-state index contributed by atoms with van der Waals surface area (Å²) in [6.45, 7) is 4.53. The Morgan fingerprint density at radius 3 is 2.93 bits per heavy atom. The van der Waals surface area contributed by atoms with Gasteiger partial charge in [-0.25, -0.2) is 5.43 Å².